The summed E-state index contributed by atoms with van der Waals surface area (Å²) >= 11 is 0. The molecule has 54 valence electrons. The Morgan fingerprint density at radius 1 is 1.11 bits per heavy atom. The molecule has 0 aromatic carbocycles. The van der Waals surface area contributed by atoms with Crippen molar-refractivity contribution in [3.8, 4) is 0 Å². The first kappa shape index (κ1) is 6.91. The van der Waals surface area contributed by atoms with Crippen molar-refractivity contribution in [3.63, 3.8) is 0 Å². The van der Waals surface area contributed by atoms with Crippen LogP contribution in [0.3, 0.4) is 0 Å². The van der Waals surface area contributed by atoms with Crippen LogP contribution in [-0.2, 0) is 9.47 Å². The zero-order valence-electron chi connectivity index (χ0n) is 4.60. The maximum absolute atomic E-state index is 8.59. The van der Waals surface area contributed by atoms with Gasteiger partial charge in [0, 0.05) is 0 Å². The molecule has 0 radical (unpaired) electrons. The minimum Gasteiger partial charge on any atom is -0.366 e. The molecule has 3 atom stereocenters. The molecule has 1 fully saturated rings. The Hall–Kier alpha value is -0.200. The van der Waals surface area contributed by atoms with Gasteiger partial charge in [-0.1, -0.05) is 0 Å². The molecule has 0 aromatic rings. The van der Waals surface area contributed by atoms with Crippen molar-refractivity contribution in [2.75, 3.05) is 6.61 Å². The zero-order chi connectivity index (χ0) is 6.85. The molecule has 1 heterocycles. The van der Waals surface area contributed by atoms with E-state index in [0.29, 0.717) is 0 Å². The molecule has 0 bridgehead atoms. The number of aliphatic hydroxyl groups is 3. The third-order valence-corrected chi connectivity index (χ3v) is 0.950. The number of hydrogen-bond acceptors (Lipinski definition) is 5. The van der Waals surface area contributed by atoms with Gasteiger partial charge in [0.2, 0.25) is 12.6 Å². The van der Waals surface area contributed by atoms with Crippen LogP contribution in [0.5, 0.6) is 0 Å². The maximum atomic E-state index is 8.59. The summed E-state index contributed by atoms with van der Waals surface area (Å²) in [5.74, 6) is 0. The molecule has 0 saturated carbocycles. The van der Waals surface area contributed by atoms with Gasteiger partial charge in [-0.15, -0.1) is 0 Å². The number of aliphatic hydroxyl groups excluding tert-OH is 3. The lowest BCUT2D eigenvalue weighted by atomic mass is 10.5. The summed E-state index contributed by atoms with van der Waals surface area (Å²) < 4.78 is 8.77. The fraction of sp³-hybridized carbons (Fsp3) is 1.00. The van der Waals surface area contributed by atoms with Crippen molar-refractivity contribution in [2.45, 2.75) is 18.9 Å². The van der Waals surface area contributed by atoms with Gasteiger partial charge in [0.05, 0.1) is 0 Å². The van der Waals surface area contributed by atoms with Gasteiger partial charge in [0.25, 0.3) is 0 Å². The molecule has 1 aliphatic rings. The van der Waals surface area contributed by atoms with Gasteiger partial charge >= 0.3 is 0 Å². The van der Waals surface area contributed by atoms with Crippen LogP contribution in [0.1, 0.15) is 0 Å². The molecular formula is C4H8O5. The van der Waals surface area contributed by atoms with Crippen molar-refractivity contribution >= 4 is 0 Å². The van der Waals surface area contributed by atoms with E-state index in [-0.39, 0.29) is 6.61 Å². The van der Waals surface area contributed by atoms with Crippen molar-refractivity contribution in [1.29, 1.82) is 0 Å². The van der Waals surface area contributed by atoms with Gasteiger partial charge in [-0.25, -0.2) is 0 Å². The Bertz CT molecular complexity index is 95.0. The van der Waals surface area contributed by atoms with Crippen LogP contribution in [0.15, 0.2) is 0 Å². The van der Waals surface area contributed by atoms with E-state index < -0.39 is 18.9 Å². The van der Waals surface area contributed by atoms with Crippen LogP contribution in [-0.4, -0.2) is 40.8 Å². The topological polar surface area (TPSA) is 79.2 Å². The third kappa shape index (κ3) is 1.60. The molecule has 5 heteroatoms. The highest BCUT2D eigenvalue weighted by Gasteiger charge is 2.27. The lowest BCUT2D eigenvalue weighted by Gasteiger charge is -2.27. The highest BCUT2D eigenvalue weighted by molar-refractivity contribution is 4.53. The molecule has 0 amide bonds. The molecule has 9 heavy (non-hydrogen) atoms. The van der Waals surface area contributed by atoms with E-state index in [4.69, 9.17) is 15.3 Å². The summed E-state index contributed by atoms with van der Waals surface area (Å²) in [6.45, 7) is -0.113. The fourth-order valence-electron chi connectivity index (χ4n) is 0.531. The van der Waals surface area contributed by atoms with Gasteiger partial charge in [-0.3, -0.25) is 0 Å². The first-order valence-electron chi connectivity index (χ1n) is 2.51. The van der Waals surface area contributed by atoms with Crippen LogP contribution in [0, 0.1) is 0 Å². The van der Waals surface area contributed by atoms with Crippen LogP contribution >= 0.6 is 0 Å². The third-order valence-electron chi connectivity index (χ3n) is 0.950. The highest BCUT2D eigenvalue weighted by Crippen LogP contribution is 2.07. The molecule has 3 N–H and O–H groups in total. The van der Waals surface area contributed by atoms with E-state index in [9.17, 15) is 0 Å². The van der Waals surface area contributed by atoms with E-state index >= 15 is 0 Å². The normalized spacial score (nSPS) is 45.0. The molecule has 0 spiro atoms. The van der Waals surface area contributed by atoms with Gasteiger partial charge in [0.1, 0.15) is 6.61 Å². The molecule has 1 saturated heterocycles. The Kier molecular flexibility index (Phi) is 1.99. The molecule has 1 aliphatic heterocycles. The first-order valence-corrected chi connectivity index (χ1v) is 2.51. The second kappa shape index (κ2) is 2.59. The van der Waals surface area contributed by atoms with Gasteiger partial charge < -0.3 is 24.8 Å². The second-order valence-corrected chi connectivity index (χ2v) is 1.71. The van der Waals surface area contributed by atoms with Crippen molar-refractivity contribution in [2.24, 2.45) is 0 Å². The van der Waals surface area contributed by atoms with Gasteiger partial charge in [-0.05, 0) is 0 Å². The standard InChI is InChI=1S/C4H8O5/c5-2-1-8-3(6)4(7)9-2/h2-7H,1H2. The largest absolute Gasteiger partial charge is 0.366 e. The monoisotopic (exact) mass is 136 g/mol. The first-order chi connectivity index (χ1) is 4.20. The van der Waals surface area contributed by atoms with Crippen LogP contribution in [0.2, 0.25) is 0 Å². The Morgan fingerprint density at radius 3 is 2.22 bits per heavy atom. The Labute approximate surface area is 51.4 Å². The average molecular weight is 136 g/mol. The minimum atomic E-state index is -1.44. The average Bonchev–Trinajstić information content (AvgIpc) is 1.80. The van der Waals surface area contributed by atoms with Gasteiger partial charge in [-0.2, -0.15) is 0 Å². The number of ether oxygens (including phenoxy) is 2. The summed E-state index contributed by atoms with van der Waals surface area (Å²) in [5.41, 5.74) is 0. The van der Waals surface area contributed by atoms with E-state index in [1.165, 1.54) is 0 Å². The number of hydrogen-bond donors (Lipinski definition) is 3. The summed E-state index contributed by atoms with van der Waals surface area (Å²) in [7, 11) is 0. The second-order valence-electron chi connectivity index (χ2n) is 1.71. The Morgan fingerprint density at radius 2 is 1.78 bits per heavy atom. The van der Waals surface area contributed by atoms with Crippen molar-refractivity contribution in [1.82, 2.24) is 0 Å². The van der Waals surface area contributed by atoms with Gasteiger partial charge in [0.15, 0.2) is 6.29 Å². The smallest absolute Gasteiger partial charge is 0.209 e. The molecule has 5 nitrogen and oxygen atoms in total. The van der Waals surface area contributed by atoms with E-state index in [1.807, 2.05) is 0 Å². The van der Waals surface area contributed by atoms with Crippen molar-refractivity contribution < 1.29 is 24.8 Å². The summed E-state index contributed by atoms with van der Waals surface area (Å²) in [6, 6.07) is 0. The predicted molar refractivity (Wildman–Crippen MR) is 25.1 cm³/mol. The molecule has 3 unspecified atom stereocenters. The van der Waals surface area contributed by atoms with E-state index in [0.717, 1.165) is 0 Å². The summed E-state index contributed by atoms with van der Waals surface area (Å²) in [4.78, 5) is 0. The summed E-state index contributed by atoms with van der Waals surface area (Å²) in [6.07, 6.45) is -3.91. The van der Waals surface area contributed by atoms with Crippen LogP contribution < -0.4 is 0 Å². The highest BCUT2D eigenvalue weighted by atomic mass is 16.8. The fourth-order valence-corrected chi connectivity index (χ4v) is 0.531. The molecule has 0 aliphatic carbocycles. The maximum Gasteiger partial charge on any atom is 0.209 e. The Balaban J connectivity index is 2.35. The molecule has 1 rings (SSSR count). The van der Waals surface area contributed by atoms with E-state index in [1.54, 1.807) is 0 Å². The molecular weight excluding hydrogens is 128 g/mol. The quantitative estimate of drug-likeness (QED) is 0.358. The van der Waals surface area contributed by atoms with Crippen LogP contribution in [0.4, 0.5) is 0 Å². The number of rotatable bonds is 0. The summed E-state index contributed by atoms with van der Waals surface area (Å²) in [5, 5.41) is 25.8. The van der Waals surface area contributed by atoms with Crippen LogP contribution in [0.25, 0.3) is 0 Å². The van der Waals surface area contributed by atoms with Crippen molar-refractivity contribution in [3.05, 3.63) is 0 Å². The lowest BCUT2D eigenvalue weighted by Crippen LogP contribution is -2.43. The zero-order valence-corrected chi connectivity index (χ0v) is 4.60. The SMILES string of the molecule is OC1COC(O)C(O)O1. The lowest BCUT2D eigenvalue weighted by molar-refractivity contribution is -0.351. The minimum absolute atomic E-state index is 0.113. The van der Waals surface area contributed by atoms with E-state index in [2.05, 4.69) is 9.47 Å². The molecule has 0 aromatic heterocycles. The predicted octanol–water partition coefficient (Wildman–Crippen LogP) is -2.01.